The summed E-state index contributed by atoms with van der Waals surface area (Å²) >= 11 is 0. The van der Waals surface area contributed by atoms with Gasteiger partial charge in [0.05, 0.1) is 14.2 Å². The number of likely N-dealkylation sites (tertiary alicyclic amines) is 1. The fourth-order valence-electron chi connectivity index (χ4n) is 5.67. The van der Waals surface area contributed by atoms with Crippen molar-refractivity contribution in [1.29, 1.82) is 0 Å². The number of ether oxygens (including phenoxy) is 2. The number of urea groups is 1. The van der Waals surface area contributed by atoms with E-state index in [1.807, 2.05) is 11.0 Å². The van der Waals surface area contributed by atoms with Gasteiger partial charge in [-0.15, -0.1) is 0 Å². The van der Waals surface area contributed by atoms with Crippen LogP contribution in [-0.2, 0) is 15.0 Å². The average Bonchev–Trinajstić information content (AvgIpc) is 3.29. The van der Waals surface area contributed by atoms with Gasteiger partial charge in [-0.25, -0.2) is 14.4 Å². The number of hydrogen-bond acceptors (Lipinski definition) is 7. The number of likely N-dealkylation sites (N-methyl/N-ethyl adjacent to an activating group) is 2. The predicted octanol–water partition coefficient (Wildman–Crippen LogP) is 3.42. The van der Waals surface area contributed by atoms with Crippen LogP contribution >= 0.6 is 0 Å². The maximum atomic E-state index is 12.8. The number of halogens is 6. The molecular weight excluding hydrogens is 606 g/mol. The highest BCUT2D eigenvalue weighted by Crippen LogP contribution is 2.49. The molecule has 3 N–H and O–H groups in total. The highest BCUT2D eigenvalue weighted by molar-refractivity contribution is 5.75. The van der Waals surface area contributed by atoms with Crippen molar-refractivity contribution in [2.45, 2.75) is 55.5 Å². The van der Waals surface area contributed by atoms with Gasteiger partial charge in [-0.2, -0.15) is 26.3 Å². The van der Waals surface area contributed by atoms with Gasteiger partial charge in [0, 0.05) is 43.7 Å². The monoisotopic (exact) mass is 644 g/mol. The maximum absolute atomic E-state index is 12.8. The van der Waals surface area contributed by atoms with Gasteiger partial charge >= 0.3 is 30.3 Å². The molecule has 4 rings (SSSR count). The zero-order valence-electron chi connectivity index (χ0n) is 24.8. The topological polar surface area (TPSA) is 132 Å². The third kappa shape index (κ3) is 9.51. The largest absolute Gasteiger partial charge is 0.493 e. The Kier molecular flexibility index (Phi) is 12.5. The quantitative estimate of drug-likeness (QED) is 0.422. The first-order chi connectivity index (χ1) is 20.3. The molecule has 0 aromatic heterocycles. The van der Waals surface area contributed by atoms with Crippen molar-refractivity contribution in [1.82, 2.24) is 20.0 Å². The number of fused-ring (bicyclic) bond motifs is 1. The highest BCUT2D eigenvalue weighted by Gasteiger charge is 2.51. The molecule has 3 aliphatic rings. The van der Waals surface area contributed by atoms with Gasteiger partial charge in [-0.3, -0.25) is 0 Å². The number of nitrogens with zero attached hydrogens (tertiary/aromatic N) is 3. The van der Waals surface area contributed by atoms with Crippen LogP contribution < -0.4 is 14.8 Å². The number of rotatable bonds is 4. The van der Waals surface area contributed by atoms with E-state index in [1.165, 1.54) is 5.56 Å². The van der Waals surface area contributed by atoms with Gasteiger partial charge < -0.3 is 39.7 Å². The number of carboxylic acid groups (broad SMARTS) is 2. The third-order valence-corrected chi connectivity index (χ3v) is 8.09. The van der Waals surface area contributed by atoms with Gasteiger partial charge in [0.25, 0.3) is 0 Å². The number of carboxylic acids is 2. The van der Waals surface area contributed by atoms with Crippen LogP contribution in [-0.4, -0.2) is 128 Å². The molecule has 2 saturated heterocycles. The summed E-state index contributed by atoms with van der Waals surface area (Å²) in [5.74, 6) is -3.95. The van der Waals surface area contributed by atoms with Gasteiger partial charge in [-0.05, 0) is 64.0 Å². The Bertz CT molecular complexity index is 1120. The molecule has 0 spiro atoms. The summed E-state index contributed by atoms with van der Waals surface area (Å²) in [7, 11) is 7.70. The van der Waals surface area contributed by atoms with Crippen LogP contribution in [0, 0.1) is 0 Å². The molecule has 3 atom stereocenters. The second-order valence-electron chi connectivity index (χ2n) is 10.8. The molecule has 3 unspecified atom stereocenters. The molecule has 44 heavy (non-hydrogen) atoms. The van der Waals surface area contributed by atoms with E-state index in [2.05, 4.69) is 41.3 Å². The number of hydrogen-bond donors (Lipinski definition) is 3. The molecular formula is C27H38F6N4O7. The van der Waals surface area contributed by atoms with E-state index in [9.17, 15) is 31.1 Å². The molecule has 1 aromatic rings. The first kappa shape index (κ1) is 36.7. The Morgan fingerprint density at radius 3 is 1.86 bits per heavy atom. The summed E-state index contributed by atoms with van der Waals surface area (Å²) in [4.78, 5) is 37.3. The Morgan fingerprint density at radius 2 is 1.39 bits per heavy atom. The minimum Gasteiger partial charge on any atom is -0.493 e. The van der Waals surface area contributed by atoms with E-state index in [4.69, 9.17) is 29.3 Å². The number of methoxy groups -OCH3 is 2. The lowest BCUT2D eigenvalue weighted by molar-refractivity contribution is -0.193. The van der Waals surface area contributed by atoms with Crippen LogP contribution in [0.15, 0.2) is 18.2 Å². The number of alkyl halides is 6. The molecule has 1 aliphatic carbocycles. The zero-order chi connectivity index (χ0) is 33.5. The van der Waals surface area contributed by atoms with E-state index >= 15 is 0 Å². The molecule has 2 aliphatic heterocycles. The highest BCUT2D eigenvalue weighted by atomic mass is 19.4. The fourth-order valence-corrected chi connectivity index (χ4v) is 5.67. The lowest BCUT2D eigenvalue weighted by Crippen LogP contribution is -2.56. The first-order valence-corrected chi connectivity index (χ1v) is 13.6. The van der Waals surface area contributed by atoms with Crippen LogP contribution in [0.1, 0.15) is 31.2 Å². The Balaban J connectivity index is 0.000000402. The molecule has 2 heterocycles. The standard InChI is InChI=1S/C23H36N4O3.2C2HF3O2/c1-25-11-13-27(14-12-25)22(28)24-18-7-8-23(9-10-26(2)21(23)16-18)17-5-6-19(29-3)20(15-17)30-4;2*3-2(4,5)1(6)7/h5-6,15,18,21H,7-14,16H2,1-4H3,(H,24,28);2*(H,6,7). The van der Waals surface area contributed by atoms with Crippen LogP contribution in [0.2, 0.25) is 0 Å². The van der Waals surface area contributed by atoms with E-state index in [-0.39, 0.29) is 17.5 Å². The van der Waals surface area contributed by atoms with E-state index < -0.39 is 24.3 Å². The molecule has 3 fully saturated rings. The predicted molar refractivity (Wildman–Crippen MR) is 145 cm³/mol. The summed E-state index contributed by atoms with van der Waals surface area (Å²) in [6, 6.07) is 7.15. The number of piperazine rings is 1. The SMILES string of the molecule is COc1ccc(C23CCC(NC(=O)N4CCN(C)CC4)CC2N(C)CC3)cc1OC.O=C(O)C(F)(F)F.O=C(O)C(F)(F)F. The first-order valence-electron chi connectivity index (χ1n) is 13.6. The fraction of sp³-hybridized carbons (Fsp3) is 0.667. The molecule has 11 nitrogen and oxygen atoms in total. The van der Waals surface area contributed by atoms with Crippen molar-refractivity contribution >= 4 is 18.0 Å². The van der Waals surface area contributed by atoms with Crippen molar-refractivity contribution in [3.63, 3.8) is 0 Å². The van der Waals surface area contributed by atoms with Gasteiger partial charge in [-0.1, -0.05) is 6.07 Å². The number of aliphatic carboxylic acids is 2. The van der Waals surface area contributed by atoms with Crippen molar-refractivity contribution in [2.24, 2.45) is 0 Å². The molecule has 2 amide bonds. The summed E-state index contributed by atoms with van der Waals surface area (Å²) in [6.07, 6.45) is -5.95. The van der Waals surface area contributed by atoms with E-state index in [0.717, 1.165) is 69.9 Å². The summed E-state index contributed by atoms with van der Waals surface area (Å²) in [6.45, 7) is 4.61. The van der Waals surface area contributed by atoms with Gasteiger partial charge in [0.15, 0.2) is 11.5 Å². The summed E-state index contributed by atoms with van der Waals surface area (Å²) in [5, 5.41) is 17.6. The lowest BCUT2D eigenvalue weighted by Gasteiger charge is -2.45. The minimum absolute atomic E-state index is 0.104. The van der Waals surface area contributed by atoms with Crippen LogP contribution in [0.3, 0.4) is 0 Å². The van der Waals surface area contributed by atoms with Crippen molar-refractivity contribution in [3.8, 4) is 11.5 Å². The Hall–Kier alpha value is -3.47. The number of carbonyl (C=O) groups is 3. The minimum atomic E-state index is -5.08. The van der Waals surface area contributed by atoms with E-state index in [1.54, 1.807) is 14.2 Å². The second kappa shape index (κ2) is 15.0. The van der Waals surface area contributed by atoms with Crippen LogP contribution in [0.4, 0.5) is 31.1 Å². The molecule has 0 radical (unpaired) electrons. The average molecular weight is 645 g/mol. The Labute approximate surface area is 250 Å². The van der Waals surface area contributed by atoms with Crippen molar-refractivity contribution in [2.75, 3.05) is 61.0 Å². The molecule has 250 valence electrons. The maximum Gasteiger partial charge on any atom is 0.490 e. The van der Waals surface area contributed by atoms with Gasteiger partial charge in [0.1, 0.15) is 0 Å². The third-order valence-electron chi connectivity index (χ3n) is 8.09. The van der Waals surface area contributed by atoms with Crippen LogP contribution in [0.25, 0.3) is 0 Å². The van der Waals surface area contributed by atoms with Crippen LogP contribution in [0.5, 0.6) is 11.5 Å². The van der Waals surface area contributed by atoms with Gasteiger partial charge in [0.2, 0.25) is 0 Å². The van der Waals surface area contributed by atoms with Crippen molar-refractivity contribution in [3.05, 3.63) is 23.8 Å². The van der Waals surface area contributed by atoms with Crippen molar-refractivity contribution < 1.29 is 60.4 Å². The number of amides is 2. The smallest absolute Gasteiger partial charge is 0.490 e. The summed E-state index contributed by atoms with van der Waals surface area (Å²) < 4.78 is 74.5. The number of carbonyl (C=O) groups excluding carboxylic acids is 1. The number of nitrogens with one attached hydrogen (secondary N) is 1. The lowest BCUT2D eigenvalue weighted by atomic mass is 9.65. The Morgan fingerprint density at radius 1 is 0.864 bits per heavy atom. The zero-order valence-corrected chi connectivity index (χ0v) is 24.8. The second-order valence-corrected chi connectivity index (χ2v) is 10.8. The number of benzene rings is 1. The molecule has 1 saturated carbocycles. The molecule has 17 heteroatoms. The normalized spacial score (nSPS) is 24.1. The summed E-state index contributed by atoms with van der Waals surface area (Å²) in [5.41, 5.74) is 1.45. The molecule has 0 bridgehead atoms. The van der Waals surface area contributed by atoms with E-state index in [0.29, 0.717) is 6.04 Å². The molecule has 1 aromatic carbocycles.